The number of nitrogens with one attached hydrogen (secondary N) is 8. The van der Waals surface area contributed by atoms with Gasteiger partial charge in [0.1, 0.15) is 36.3 Å². The lowest BCUT2D eigenvalue weighted by molar-refractivity contribution is -0.144. The Morgan fingerprint density at radius 1 is 0.364 bits per heavy atom. The van der Waals surface area contributed by atoms with Gasteiger partial charge in [0.25, 0.3) is 0 Å². The van der Waals surface area contributed by atoms with Crippen LogP contribution in [0.25, 0.3) is 0 Å². The number of rotatable bonds is 33. The highest BCUT2D eigenvalue weighted by Crippen LogP contribution is 2.06. The maximum Gasteiger partial charge on any atom is 0.326 e. The highest BCUT2D eigenvalue weighted by Gasteiger charge is 2.33. The van der Waals surface area contributed by atoms with Crippen LogP contribution in [0.15, 0.2) is 0 Å². The Morgan fingerprint density at radius 2 is 0.682 bits per heavy atom. The third-order valence-corrected chi connectivity index (χ3v) is 8.28. The first-order chi connectivity index (χ1) is 30.7. The lowest BCUT2D eigenvalue weighted by Crippen LogP contribution is -2.58. The molecule has 0 aromatic carbocycles. The molecule has 7 atom stereocenters. The normalized spacial score (nSPS) is 13.7. The second kappa shape index (κ2) is 29.4. The predicted octanol–water partition coefficient (Wildman–Crippen LogP) is -8.45. The third kappa shape index (κ3) is 24.6. The van der Waals surface area contributed by atoms with E-state index in [1.54, 1.807) is 0 Å². The third-order valence-electron chi connectivity index (χ3n) is 8.28. The van der Waals surface area contributed by atoms with Crippen molar-refractivity contribution in [3.63, 3.8) is 0 Å². The van der Waals surface area contributed by atoms with Gasteiger partial charge in [0, 0.05) is 19.3 Å². The van der Waals surface area contributed by atoms with Gasteiger partial charge >= 0.3 is 41.8 Å². The number of amides is 8. The number of aliphatic hydroxyl groups excluding tert-OH is 1. The quantitative estimate of drug-likeness (QED) is 0.0290. The molecule has 32 heteroatoms. The maximum absolute atomic E-state index is 13.2. The molecular formula is C34H49N9O23. The molecule has 0 rings (SSSR count). The largest absolute Gasteiger partial charge is 0.481 e. The van der Waals surface area contributed by atoms with E-state index >= 15 is 0 Å². The summed E-state index contributed by atoms with van der Waals surface area (Å²) in [6.07, 6.45) is -7.51. The Balaban J connectivity index is 5.74. The van der Waals surface area contributed by atoms with Gasteiger partial charge in [-0.2, -0.15) is 0 Å². The van der Waals surface area contributed by atoms with Gasteiger partial charge in [0.2, 0.25) is 47.3 Å². The van der Waals surface area contributed by atoms with Crippen LogP contribution in [0.2, 0.25) is 0 Å². The monoisotopic (exact) mass is 951 g/mol. The minimum atomic E-state index is -2.05. The minimum Gasteiger partial charge on any atom is -0.481 e. The van der Waals surface area contributed by atoms with Crippen molar-refractivity contribution in [3.05, 3.63) is 0 Å². The number of carbonyl (C=O) groups is 15. The number of nitrogens with two attached hydrogens (primary N) is 1. The molecule has 0 aliphatic heterocycles. The molecule has 0 heterocycles. The number of hydrogen-bond acceptors (Lipinski definition) is 17. The Bertz CT molecular complexity index is 1880. The summed E-state index contributed by atoms with van der Waals surface area (Å²) in [4.78, 5) is 180. The fourth-order valence-electron chi connectivity index (χ4n) is 5.01. The first-order valence-electron chi connectivity index (χ1n) is 18.9. The molecule has 0 unspecified atom stereocenters. The van der Waals surface area contributed by atoms with Crippen molar-refractivity contribution in [1.82, 2.24) is 42.5 Å². The van der Waals surface area contributed by atoms with Crippen molar-refractivity contribution in [2.45, 2.75) is 100 Å². The van der Waals surface area contributed by atoms with Crippen LogP contribution in [0.1, 0.15) is 57.8 Å². The summed E-state index contributed by atoms with van der Waals surface area (Å²) in [5.41, 5.74) is 5.40. The molecule has 8 amide bonds. The molecular weight excluding hydrogens is 902 g/mol. The van der Waals surface area contributed by atoms with Crippen LogP contribution in [-0.2, 0) is 71.9 Å². The Kier molecular flexibility index (Phi) is 25.8. The number of carboxylic acids is 7. The van der Waals surface area contributed by atoms with Gasteiger partial charge in [0.15, 0.2) is 0 Å². The Hall–Kier alpha value is -8.03. The summed E-state index contributed by atoms with van der Waals surface area (Å²) in [6, 6.07) is -13.1. The number of carboxylic acid groups (broad SMARTS) is 7. The Labute approximate surface area is 369 Å². The Morgan fingerprint density at radius 3 is 1.08 bits per heavy atom. The maximum atomic E-state index is 13.2. The van der Waals surface area contributed by atoms with Crippen LogP contribution in [0.4, 0.5) is 0 Å². The molecule has 0 radical (unpaired) electrons. The van der Waals surface area contributed by atoms with Crippen LogP contribution in [0.3, 0.4) is 0 Å². The van der Waals surface area contributed by atoms with Gasteiger partial charge in [-0.05, 0) is 19.3 Å². The molecule has 0 aliphatic carbocycles. The van der Waals surface area contributed by atoms with Crippen molar-refractivity contribution < 1.29 is 113 Å². The van der Waals surface area contributed by atoms with E-state index in [9.17, 15) is 87.2 Å². The summed E-state index contributed by atoms with van der Waals surface area (Å²) in [7, 11) is 0. The van der Waals surface area contributed by atoms with Crippen LogP contribution in [0.5, 0.6) is 0 Å². The first-order valence-corrected chi connectivity index (χ1v) is 18.9. The van der Waals surface area contributed by atoms with Crippen molar-refractivity contribution in [3.8, 4) is 0 Å². The zero-order valence-corrected chi connectivity index (χ0v) is 34.3. The molecule has 368 valence electrons. The molecule has 18 N–H and O–H groups in total. The van der Waals surface area contributed by atoms with E-state index in [1.165, 1.54) is 0 Å². The molecule has 0 saturated carbocycles. The molecule has 0 saturated heterocycles. The van der Waals surface area contributed by atoms with Crippen molar-refractivity contribution in [1.29, 1.82) is 0 Å². The lowest BCUT2D eigenvalue weighted by atomic mass is 10.1. The smallest absolute Gasteiger partial charge is 0.326 e. The van der Waals surface area contributed by atoms with E-state index in [1.807, 2.05) is 31.9 Å². The molecule has 0 bridgehead atoms. The van der Waals surface area contributed by atoms with Gasteiger partial charge in [-0.1, -0.05) is 0 Å². The fourth-order valence-corrected chi connectivity index (χ4v) is 5.01. The average Bonchev–Trinajstić information content (AvgIpc) is 3.20. The summed E-state index contributed by atoms with van der Waals surface area (Å²) in [6.45, 7) is -3.29. The summed E-state index contributed by atoms with van der Waals surface area (Å²) >= 11 is 0. The summed E-state index contributed by atoms with van der Waals surface area (Å²) in [5.74, 6) is -21.4. The fraction of sp³-hybridized carbons (Fsp3) is 0.559. The minimum absolute atomic E-state index is 0.617. The second-order valence-electron chi connectivity index (χ2n) is 13.6. The van der Waals surface area contributed by atoms with Crippen LogP contribution in [-0.4, -0.2) is 192 Å². The van der Waals surface area contributed by atoms with E-state index in [2.05, 4.69) is 10.6 Å². The zero-order valence-electron chi connectivity index (χ0n) is 34.3. The van der Waals surface area contributed by atoms with Crippen LogP contribution < -0.4 is 48.3 Å². The van der Waals surface area contributed by atoms with Gasteiger partial charge < -0.3 is 89.1 Å². The second-order valence-corrected chi connectivity index (χ2v) is 13.6. The van der Waals surface area contributed by atoms with E-state index in [0.717, 1.165) is 0 Å². The van der Waals surface area contributed by atoms with Crippen LogP contribution >= 0.6 is 0 Å². The average molecular weight is 952 g/mol. The number of hydrogen-bond donors (Lipinski definition) is 17. The van der Waals surface area contributed by atoms with E-state index in [0.29, 0.717) is 0 Å². The molecule has 66 heavy (non-hydrogen) atoms. The predicted molar refractivity (Wildman–Crippen MR) is 208 cm³/mol. The standard InChI is InChI=1S/C34H49N9O23/c35-13(7-25(53)54)28(59)42-18(9-27(57)58)33(64)43-17(8-26(55)56)29(60)36-11-21(46)39-19(12-44)30(61)37-10-20(45)38-14(1-4-22(47)48)31(62)40-15(2-5-23(49)50)32(63)41-16(34(65)66)3-6-24(51)52/h13-19,44H,1-12,35H2,(H,36,60)(H,37,61)(H,38,45)(H,39,46)(H,40,62)(H,41,63)(H,42,59)(H,43,64)(H,47,48)(H,49,50)(H,51,52)(H,53,54)(H,55,56)(H,57,58)(H,65,66)/t13-,14-,15-,16-,17-,18-,19-/m0/s1. The molecule has 32 nitrogen and oxygen atoms in total. The topological polar surface area (TPSA) is 540 Å². The zero-order chi connectivity index (χ0) is 50.8. The van der Waals surface area contributed by atoms with E-state index in [-0.39, 0.29) is 0 Å². The molecule has 0 aromatic heterocycles. The summed E-state index contributed by atoms with van der Waals surface area (Å²) in [5, 5.41) is 88.9. The number of aliphatic hydroxyl groups is 1. The summed E-state index contributed by atoms with van der Waals surface area (Å²) < 4.78 is 0. The van der Waals surface area contributed by atoms with Crippen molar-refractivity contribution in [2.24, 2.45) is 5.73 Å². The lowest BCUT2D eigenvalue weighted by Gasteiger charge is -2.24. The SMILES string of the molecule is N[C@@H](CC(=O)O)C(=O)N[C@@H](CC(=O)O)C(=O)N[C@@H](CC(=O)O)C(=O)NCC(=O)N[C@@H](CO)C(=O)NCC(=O)N[C@@H](CCC(=O)O)C(=O)N[C@@H](CCC(=O)O)C(=O)N[C@@H](CCC(=O)O)C(=O)O. The van der Waals surface area contributed by atoms with Gasteiger partial charge in [-0.15, -0.1) is 0 Å². The molecule has 0 fully saturated rings. The van der Waals surface area contributed by atoms with Gasteiger partial charge in [0.05, 0.1) is 45.0 Å². The van der Waals surface area contributed by atoms with E-state index < -0.39 is 209 Å². The molecule has 0 aromatic rings. The molecule has 0 aliphatic rings. The first kappa shape index (κ1) is 58.0. The highest BCUT2D eigenvalue weighted by molar-refractivity contribution is 5.98. The highest BCUT2D eigenvalue weighted by atomic mass is 16.4. The van der Waals surface area contributed by atoms with Gasteiger partial charge in [-0.3, -0.25) is 67.1 Å². The molecule has 0 spiro atoms. The number of carbonyl (C=O) groups excluding carboxylic acids is 8. The van der Waals surface area contributed by atoms with E-state index in [4.69, 9.17) is 31.3 Å². The van der Waals surface area contributed by atoms with Crippen molar-refractivity contribution in [2.75, 3.05) is 19.7 Å². The van der Waals surface area contributed by atoms with Crippen LogP contribution in [0, 0.1) is 0 Å². The van der Waals surface area contributed by atoms with Gasteiger partial charge in [-0.25, -0.2) is 4.79 Å². The van der Waals surface area contributed by atoms with Crippen molar-refractivity contribution >= 4 is 89.0 Å². The number of aliphatic carboxylic acids is 7.